The van der Waals surface area contributed by atoms with Crippen molar-refractivity contribution in [2.75, 3.05) is 18.6 Å². The van der Waals surface area contributed by atoms with Crippen LogP contribution in [0.3, 0.4) is 0 Å². The molecule has 2 heterocycles. The Labute approximate surface area is 194 Å². The lowest BCUT2D eigenvalue weighted by Crippen LogP contribution is -2.33. The predicted molar refractivity (Wildman–Crippen MR) is 121 cm³/mol. The van der Waals surface area contributed by atoms with E-state index in [1.807, 2.05) is 0 Å². The molecule has 10 heteroatoms. The summed E-state index contributed by atoms with van der Waals surface area (Å²) in [4.78, 5) is 22.0. The maximum Gasteiger partial charge on any atom is 0.416 e. The van der Waals surface area contributed by atoms with E-state index in [-0.39, 0.29) is 23.4 Å². The topological polar surface area (TPSA) is 69.0 Å². The van der Waals surface area contributed by atoms with Crippen LogP contribution >= 0.6 is 0 Å². The normalized spacial score (nSPS) is 15.9. The second-order valence-corrected chi connectivity index (χ2v) is 8.69. The summed E-state index contributed by atoms with van der Waals surface area (Å²) < 4.78 is 61.1. The number of benzene rings is 1. The summed E-state index contributed by atoms with van der Waals surface area (Å²) in [5.41, 5.74) is -1.22. The number of hydrogen-bond acceptors (Lipinski definition) is 5. The van der Waals surface area contributed by atoms with E-state index in [1.54, 1.807) is 26.8 Å². The van der Waals surface area contributed by atoms with Crippen molar-refractivity contribution in [2.45, 2.75) is 58.3 Å². The van der Waals surface area contributed by atoms with Gasteiger partial charge in [0.1, 0.15) is 23.8 Å². The lowest BCUT2D eigenvalue weighted by atomic mass is 9.97. The molecule has 182 valence electrons. The van der Waals surface area contributed by atoms with Crippen LogP contribution in [0.5, 0.6) is 5.75 Å². The number of anilines is 1. The molecule has 1 aliphatic carbocycles. The van der Waals surface area contributed by atoms with Gasteiger partial charge < -0.3 is 14.6 Å². The molecule has 1 atom stereocenters. The van der Waals surface area contributed by atoms with Gasteiger partial charge in [-0.3, -0.25) is 4.79 Å². The zero-order chi connectivity index (χ0) is 24.8. The third kappa shape index (κ3) is 4.10. The molecule has 0 unspecified atom stereocenters. The number of alkyl halides is 4. The van der Waals surface area contributed by atoms with Gasteiger partial charge in [-0.15, -0.1) is 0 Å². The van der Waals surface area contributed by atoms with Crippen molar-refractivity contribution in [3.8, 4) is 5.75 Å². The quantitative estimate of drug-likeness (QED) is 0.457. The molecule has 0 bridgehead atoms. The van der Waals surface area contributed by atoms with Gasteiger partial charge in [-0.2, -0.15) is 13.2 Å². The van der Waals surface area contributed by atoms with E-state index in [1.165, 1.54) is 23.8 Å². The van der Waals surface area contributed by atoms with Crippen LogP contribution in [0, 0.1) is 13.8 Å². The van der Waals surface area contributed by atoms with Gasteiger partial charge in [0.05, 0.1) is 29.1 Å². The van der Waals surface area contributed by atoms with Gasteiger partial charge in [0.15, 0.2) is 0 Å². The molecule has 0 aliphatic heterocycles. The van der Waals surface area contributed by atoms with E-state index in [0.29, 0.717) is 35.4 Å². The fraction of sp³-hybridized carbons (Fsp3) is 0.458. The number of nitrogens with one attached hydrogen (secondary N) is 1. The Balaban J connectivity index is 1.86. The summed E-state index contributed by atoms with van der Waals surface area (Å²) in [5, 5.41) is 3.62. The molecule has 2 aromatic heterocycles. The molecule has 4 rings (SSSR count). The van der Waals surface area contributed by atoms with Gasteiger partial charge in [-0.1, -0.05) is 12.1 Å². The largest absolute Gasteiger partial charge is 0.487 e. The van der Waals surface area contributed by atoms with Crippen molar-refractivity contribution >= 4 is 16.7 Å². The Kier molecular flexibility index (Phi) is 6.03. The molecule has 34 heavy (non-hydrogen) atoms. The van der Waals surface area contributed by atoms with Crippen molar-refractivity contribution in [2.24, 2.45) is 0 Å². The first-order valence-corrected chi connectivity index (χ1v) is 11.1. The highest BCUT2D eigenvalue weighted by molar-refractivity contribution is 5.92. The molecule has 1 aliphatic rings. The van der Waals surface area contributed by atoms with Crippen molar-refractivity contribution in [3.05, 3.63) is 57.3 Å². The monoisotopic (exact) mass is 478 g/mol. The Bertz CT molecular complexity index is 1300. The minimum absolute atomic E-state index is 0.0103. The zero-order valence-corrected chi connectivity index (χ0v) is 19.4. The number of hydrogen-bond donors (Lipinski definition) is 1. The van der Waals surface area contributed by atoms with Crippen LogP contribution in [0.4, 0.5) is 23.4 Å². The van der Waals surface area contributed by atoms with Crippen molar-refractivity contribution in [1.29, 1.82) is 0 Å². The number of ether oxygens (including phenoxy) is 1. The number of fused-ring (bicyclic) bond motifs is 1. The van der Waals surface area contributed by atoms with Crippen molar-refractivity contribution in [1.82, 2.24) is 14.5 Å². The lowest BCUT2D eigenvalue weighted by Gasteiger charge is -2.22. The fourth-order valence-corrected chi connectivity index (χ4v) is 4.31. The summed E-state index contributed by atoms with van der Waals surface area (Å²) in [5.74, 6) is 0.694. The Morgan fingerprint density at radius 1 is 1.24 bits per heavy atom. The van der Waals surface area contributed by atoms with E-state index in [9.17, 15) is 22.4 Å². The highest BCUT2D eigenvalue weighted by atomic mass is 19.4. The minimum atomic E-state index is -4.47. The number of aryl methyl sites for hydroxylation is 1. The molecule has 1 aromatic carbocycles. The summed E-state index contributed by atoms with van der Waals surface area (Å²) in [6.45, 7) is 6.06. The molecule has 0 saturated heterocycles. The second kappa shape index (κ2) is 8.56. The van der Waals surface area contributed by atoms with E-state index in [2.05, 4.69) is 15.3 Å². The van der Waals surface area contributed by atoms with Gasteiger partial charge in [0.2, 0.25) is 5.75 Å². The van der Waals surface area contributed by atoms with Gasteiger partial charge in [-0.25, -0.2) is 14.4 Å². The maximum atomic E-state index is 13.9. The summed E-state index contributed by atoms with van der Waals surface area (Å²) >= 11 is 0. The van der Waals surface area contributed by atoms with Crippen LogP contribution < -0.4 is 15.6 Å². The number of halogens is 4. The first kappa shape index (κ1) is 24.0. The third-order valence-electron chi connectivity index (χ3n) is 6.32. The number of nitrogens with zero attached hydrogens (tertiary/aromatic N) is 3. The summed E-state index contributed by atoms with van der Waals surface area (Å²) in [6.07, 6.45) is -1.89. The van der Waals surface area contributed by atoms with Crippen LogP contribution in [-0.2, 0) is 11.7 Å². The summed E-state index contributed by atoms with van der Waals surface area (Å²) in [6, 6.07) is 3.50. The van der Waals surface area contributed by atoms with Crippen LogP contribution in [0.2, 0.25) is 0 Å². The molecule has 1 saturated carbocycles. The van der Waals surface area contributed by atoms with E-state index in [4.69, 9.17) is 4.74 Å². The molecule has 0 amide bonds. The SMILES string of the molecule is CCOc1c(=O)n(C2(CF)CC2)cc2c(N[C@H](C)c3cccc(C(F)(F)F)c3C)nc(C)nc12. The average Bonchev–Trinajstić information content (AvgIpc) is 3.56. The summed E-state index contributed by atoms with van der Waals surface area (Å²) in [7, 11) is 0. The predicted octanol–water partition coefficient (Wildman–Crippen LogP) is 5.46. The molecule has 6 nitrogen and oxygen atoms in total. The van der Waals surface area contributed by atoms with Crippen LogP contribution in [0.1, 0.15) is 55.2 Å². The number of pyridine rings is 1. The Hall–Kier alpha value is -3.17. The highest BCUT2D eigenvalue weighted by Gasteiger charge is 2.46. The second-order valence-electron chi connectivity index (χ2n) is 8.69. The molecular weight excluding hydrogens is 452 g/mol. The Morgan fingerprint density at radius 3 is 2.53 bits per heavy atom. The maximum absolute atomic E-state index is 13.9. The van der Waals surface area contributed by atoms with Crippen LogP contribution in [-0.4, -0.2) is 27.8 Å². The fourth-order valence-electron chi connectivity index (χ4n) is 4.31. The Morgan fingerprint density at radius 2 is 1.94 bits per heavy atom. The first-order chi connectivity index (χ1) is 16.0. The van der Waals surface area contributed by atoms with Crippen LogP contribution in [0.25, 0.3) is 10.9 Å². The smallest absolute Gasteiger partial charge is 0.416 e. The first-order valence-electron chi connectivity index (χ1n) is 11.1. The third-order valence-corrected chi connectivity index (χ3v) is 6.32. The lowest BCUT2D eigenvalue weighted by molar-refractivity contribution is -0.138. The van der Waals surface area contributed by atoms with Gasteiger partial charge in [0, 0.05) is 6.20 Å². The molecule has 0 spiro atoms. The van der Waals surface area contributed by atoms with Crippen molar-refractivity contribution in [3.63, 3.8) is 0 Å². The number of aromatic nitrogens is 3. The van der Waals surface area contributed by atoms with Gasteiger partial charge in [-0.05, 0) is 57.7 Å². The van der Waals surface area contributed by atoms with E-state index in [0.717, 1.165) is 6.07 Å². The van der Waals surface area contributed by atoms with Crippen molar-refractivity contribution < 1.29 is 22.3 Å². The molecular formula is C24H26F4N4O2. The van der Waals surface area contributed by atoms with Crippen LogP contribution in [0.15, 0.2) is 29.2 Å². The van der Waals surface area contributed by atoms with E-state index >= 15 is 0 Å². The molecule has 1 fully saturated rings. The minimum Gasteiger partial charge on any atom is -0.487 e. The highest BCUT2D eigenvalue weighted by Crippen LogP contribution is 2.44. The molecule has 3 aromatic rings. The average molecular weight is 478 g/mol. The van der Waals surface area contributed by atoms with Gasteiger partial charge >= 0.3 is 6.18 Å². The zero-order valence-electron chi connectivity index (χ0n) is 19.4. The number of rotatable bonds is 7. The van der Waals surface area contributed by atoms with E-state index < -0.39 is 35.6 Å². The van der Waals surface area contributed by atoms with Gasteiger partial charge in [0.25, 0.3) is 5.56 Å². The molecule has 1 N–H and O–H groups in total. The standard InChI is InChI=1S/C24H26F4N4O2/c1-5-34-20-19-17(11-32(22(20)33)23(12-25)9-10-23)21(31-15(4)30-19)29-14(3)16-7-6-8-18(13(16)2)24(26,27)28/h6-8,11,14H,5,9-10,12H2,1-4H3,(H,29,30,31)/t14-/m1/s1. The molecule has 0 radical (unpaired) electrons.